The number of nitrogens with two attached hydrogens (primary N) is 2. The third-order valence-corrected chi connectivity index (χ3v) is 4.37. The minimum atomic E-state index is -3.83. The number of benzene rings is 1. The van der Waals surface area contributed by atoms with Crippen molar-refractivity contribution >= 4 is 31.4 Å². The summed E-state index contributed by atoms with van der Waals surface area (Å²) < 4.78 is 47.6. The molecule has 0 heterocycles. The summed E-state index contributed by atoms with van der Waals surface area (Å²) in [7, 11) is -7.20. The first-order valence-electron chi connectivity index (χ1n) is 5.95. The molecule has 0 aliphatic carbocycles. The van der Waals surface area contributed by atoms with E-state index in [2.05, 4.69) is 10.0 Å². The van der Waals surface area contributed by atoms with E-state index in [0.717, 1.165) is 6.26 Å². The molecule has 1 aromatic rings. The van der Waals surface area contributed by atoms with Gasteiger partial charge in [0.2, 0.25) is 20.0 Å². The number of anilines is 2. The van der Waals surface area contributed by atoms with E-state index in [4.69, 9.17) is 10.9 Å². The number of rotatable bonds is 6. The van der Waals surface area contributed by atoms with Crippen molar-refractivity contribution in [2.24, 2.45) is 5.14 Å². The van der Waals surface area contributed by atoms with E-state index in [1.54, 1.807) is 13.8 Å². The van der Waals surface area contributed by atoms with Gasteiger partial charge in [0, 0.05) is 12.1 Å². The average Bonchev–Trinajstić information content (AvgIpc) is 2.23. The smallest absolute Gasteiger partial charge is 0.238 e. The van der Waals surface area contributed by atoms with Crippen LogP contribution in [0, 0.1) is 0 Å². The largest absolute Gasteiger partial charge is 0.397 e. The Bertz CT molecular complexity index is 727. The molecule has 0 saturated carbocycles. The monoisotopic (exact) mass is 336 g/mol. The van der Waals surface area contributed by atoms with Crippen molar-refractivity contribution in [1.82, 2.24) is 4.72 Å². The van der Waals surface area contributed by atoms with Gasteiger partial charge in [0.1, 0.15) is 0 Å². The van der Waals surface area contributed by atoms with Crippen molar-refractivity contribution in [2.75, 3.05) is 23.9 Å². The van der Waals surface area contributed by atoms with Crippen LogP contribution in [-0.2, 0) is 20.0 Å². The van der Waals surface area contributed by atoms with Crippen molar-refractivity contribution < 1.29 is 16.8 Å². The van der Waals surface area contributed by atoms with E-state index >= 15 is 0 Å². The fourth-order valence-corrected chi connectivity index (χ4v) is 3.34. The maximum absolute atomic E-state index is 11.3. The molecule has 0 bridgehead atoms. The minimum Gasteiger partial charge on any atom is -0.397 e. The van der Waals surface area contributed by atoms with Gasteiger partial charge in [-0.05, 0) is 32.0 Å². The Labute approximate surface area is 125 Å². The number of sulfonamides is 2. The molecular formula is C11H20N4O4S2. The SMILES string of the molecule is CC(C)(CNc1cc(S(N)(=O)=O)ccc1N)NS(C)(=O)=O. The highest BCUT2D eigenvalue weighted by molar-refractivity contribution is 7.89. The van der Waals surface area contributed by atoms with Crippen LogP contribution in [0.15, 0.2) is 23.1 Å². The van der Waals surface area contributed by atoms with Crippen molar-refractivity contribution in [2.45, 2.75) is 24.3 Å². The van der Waals surface area contributed by atoms with Gasteiger partial charge in [0.15, 0.2) is 0 Å². The van der Waals surface area contributed by atoms with Crippen LogP contribution in [0.1, 0.15) is 13.8 Å². The van der Waals surface area contributed by atoms with Crippen molar-refractivity contribution in [3.8, 4) is 0 Å². The summed E-state index contributed by atoms with van der Waals surface area (Å²) in [6.45, 7) is 3.57. The normalized spacial score (nSPS) is 13.1. The lowest BCUT2D eigenvalue weighted by atomic mass is 10.1. The maximum atomic E-state index is 11.3. The van der Waals surface area contributed by atoms with Gasteiger partial charge < -0.3 is 11.1 Å². The molecule has 0 spiro atoms. The Morgan fingerprint density at radius 2 is 1.76 bits per heavy atom. The van der Waals surface area contributed by atoms with Gasteiger partial charge in [0.25, 0.3) is 0 Å². The fraction of sp³-hybridized carbons (Fsp3) is 0.455. The van der Waals surface area contributed by atoms with E-state index in [9.17, 15) is 16.8 Å². The van der Waals surface area contributed by atoms with E-state index in [0.29, 0.717) is 11.4 Å². The molecule has 0 aliphatic heterocycles. The van der Waals surface area contributed by atoms with Gasteiger partial charge in [-0.1, -0.05) is 0 Å². The van der Waals surface area contributed by atoms with Gasteiger partial charge in [-0.2, -0.15) is 0 Å². The van der Waals surface area contributed by atoms with Gasteiger partial charge in [-0.25, -0.2) is 26.7 Å². The number of nitrogens with one attached hydrogen (secondary N) is 2. The topological polar surface area (TPSA) is 144 Å². The third kappa shape index (κ3) is 5.87. The van der Waals surface area contributed by atoms with Crippen LogP contribution in [0.25, 0.3) is 0 Å². The van der Waals surface area contributed by atoms with Gasteiger partial charge in [0.05, 0.1) is 22.5 Å². The first kappa shape index (κ1) is 17.7. The summed E-state index contributed by atoms with van der Waals surface area (Å²) in [4.78, 5) is -0.0759. The quantitative estimate of drug-likeness (QED) is 0.523. The molecule has 0 aliphatic rings. The molecule has 0 fully saturated rings. The van der Waals surface area contributed by atoms with Crippen LogP contribution >= 0.6 is 0 Å². The number of primary sulfonamides is 1. The van der Waals surface area contributed by atoms with Crippen LogP contribution in [0.3, 0.4) is 0 Å². The van der Waals surface area contributed by atoms with Crippen molar-refractivity contribution in [1.29, 1.82) is 0 Å². The van der Waals surface area contributed by atoms with Gasteiger partial charge in [-0.15, -0.1) is 0 Å². The molecule has 8 nitrogen and oxygen atoms in total. The molecule has 1 aromatic carbocycles. The molecule has 0 radical (unpaired) electrons. The molecule has 120 valence electrons. The highest BCUT2D eigenvalue weighted by Gasteiger charge is 2.22. The molecular weight excluding hydrogens is 316 g/mol. The first-order valence-corrected chi connectivity index (χ1v) is 9.39. The lowest BCUT2D eigenvalue weighted by molar-refractivity contribution is 0.476. The van der Waals surface area contributed by atoms with Crippen LogP contribution in [-0.4, -0.2) is 35.2 Å². The van der Waals surface area contributed by atoms with Crippen LogP contribution in [0.4, 0.5) is 11.4 Å². The van der Waals surface area contributed by atoms with Crippen molar-refractivity contribution in [3.05, 3.63) is 18.2 Å². The summed E-state index contributed by atoms with van der Waals surface area (Å²) in [6.07, 6.45) is 1.06. The van der Waals surface area contributed by atoms with E-state index in [-0.39, 0.29) is 11.4 Å². The third-order valence-electron chi connectivity index (χ3n) is 2.54. The highest BCUT2D eigenvalue weighted by atomic mass is 32.2. The van der Waals surface area contributed by atoms with Crippen LogP contribution < -0.4 is 20.9 Å². The predicted octanol–water partition coefficient (Wildman–Crippen LogP) is -0.344. The molecule has 1 rings (SSSR count). The number of nitrogen functional groups attached to an aromatic ring is 1. The molecule has 21 heavy (non-hydrogen) atoms. The Morgan fingerprint density at radius 3 is 2.24 bits per heavy atom. The molecule has 0 unspecified atom stereocenters. The summed E-state index contributed by atoms with van der Waals surface area (Å²) in [5.41, 5.74) is 5.67. The number of hydrogen-bond donors (Lipinski definition) is 4. The molecule has 0 aromatic heterocycles. The van der Waals surface area contributed by atoms with E-state index in [1.165, 1.54) is 18.2 Å². The van der Waals surface area contributed by atoms with E-state index < -0.39 is 25.6 Å². The highest BCUT2D eigenvalue weighted by Crippen LogP contribution is 2.22. The Hall–Kier alpha value is -1.36. The molecule has 10 heteroatoms. The zero-order valence-corrected chi connectivity index (χ0v) is 13.7. The van der Waals surface area contributed by atoms with Crippen LogP contribution in [0.2, 0.25) is 0 Å². The molecule has 0 atom stereocenters. The molecule has 6 N–H and O–H groups in total. The Kier molecular flexibility index (Phi) is 4.88. The Morgan fingerprint density at radius 1 is 1.19 bits per heavy atom. The number of hydrogen-bond acceptors (Lipinski definition) is 6. The zero-order valence-electron chi connectivity index (χ0n) is 12.0. The minimum absolute atomic E-state index is 0.0759. The van der Waals surface area contributed by atoms with Gasteiger partial charge in [-0.3, -0.25) is 0 Å². The summed E-state index contributed by atoms with van der Waals surface area (Å²) in [5, 5.41) is 7.97. The maximum Gasteiger partial charge on any atom is 0.238 e. The summed E-state index contributed by atoms with van der Waals surface area (Å²) in [6, 6.07) is 4.02. The zero-order chi connectivity index (χ0) is 16.5. The van der Waals surface area contributed by atoms with Crippen molar-refractivity contribution in [3.63, 3.8) is 0 Å². The average molecular weight is 336 g/mol. The predicted molar refractivity (Wildman–Crippen MR) is 82.8 cm³/mol. The second kappa shape index (κ2) is 5.79. The lowest BCUT2D eigenvalue weighted by Gasteiger charge is -2.26. The summed E-state index contributed by atoms with van der Waals surface area (Å²) >= 11 is 0. The summed E-state index contributed by atoms with van der Waals surface area (Å²) in [5.74, 6) is 0. The van der Waals surface area contributed by atoms with Crippen LogP contribution in [0.5, 0.6) is 0 Å². The second-order valence-electron chi connectivity index (χ2n) is 5.41. The fourth-order valence-electron chi connectivity index (χ4n) is 1.72. The van der Waals surface area contributed by atoms with Gasteiger partial charge >= 0.3 is 0 Å². The Balaban J connectivity index is 2.94. The first-order chi connectivity index (χ1) is 9.30. The lowest BCUT2D eigenvalue weighted by Crippen LogP contribution is -2.47. The second-order valence-corrected chi connectivity index (χ2v) is 8.72. The van der Waals surface area contributed by atoms with E-state index in [1.807, 2.05) is 0 Å². The standard InChI is InChI=1S/C11H20N4O4S2/c1-11(2,15-20(3,16)17)7-14-10-6-8(21(13,18)19)4-5-9(10)12/h4-6,14-15H,7,12H2,1-3H3,(H2,13,18,19). The molecule has 0 amide bonds. The molecule has 0 saturated heterocycles.